The van der Waals surface area contributed by atoms with E-state index < -0.39 is 0 Å². The number of carbonyl (C=O) groups excluding carboxylic acids is 1. The summed E-state index contributed by atoms with van der Waals surface area (Å²) < 4.78 is 5.36. The molecule has 0 aromatic carbocycles. The predicted molar refractivity (Wildman–Crippen MR) is 66.5 cm³/mol. The van der Waals surface area contributed by atoms with Crippen LogP contribution in [0.25, 0.3) is 0 Å². The standard InChI is InChI=1S/C13H24N2O2/c1-10-7-11(2)15(8-10)12(16)13(9-14)3-5-17-6-4-13/h10-11H,3-9,14H2,1-2H3. The molecule has 0 bridgehead atoms. The Labute approximate surface area is 103 Å². The highest BCUT2D eigenvalue weighted by Gasteiger charge is 2.44. The number of likely N-dealkylation sites (tertiary alicyclic amines) is 1. The molecule has 0 saturated carbocycles. The molecule has 2 heterocycles. The SMILES string of the molecule is CC1CC(C)N(C(=O)C2(CN)CCOCC2)C1. The van der Waals surface area contributed by atoms with Gasteiger partial charge in [0.15, 0.2) is 0 Å². The lowest BCUT2D eigenvalue weighted by Crippen LogP contribution is -2.51. The van der Waals surface area contributed by atoms with Crippen LogP contribution in [0.1, 0.15) is 33.1 Å². The van der Waals surface area contributed by atoms with Gasteiger partial charge in [0.1, 0.15) is 0 Å². The molecule has 2 unspecified atom stereocenters. The highest BCUT2D eigenvalue weighted by Crippen LogP contribution is 2.35. The van der Waals surface area contributed by atoms with E-state index in [1.54, 1.807) is 0 Å². The second-order valence-corrected chi connectivity index (χ2v) is 5.74. The topological polar surface area (TPSA) is 55.6 Å². The molecule has 0 spiro atoms. The van der Waals surface area contributed by atoms with Crippen LogP contribution in [0.3, 0.4) is 0 Å². The first-order chi connectivity index (χ1) is 8.09. The van der Waals surface area contributed by atoms with Crippen molar-refractivity contribution in [3.63, 3.8) is 0 Å². The summed E-state index contributed by atoms with van der Waals surface area (Å²) in [4.78, 5) is 14.7. The summed E-state index contributed by atoms with van der Waals surface area (Å²) in [5.41, 5.74) is 5.53. The van der Waals surface area contributed by atoms with E-state index in [1.807, 2.05) is 4.90 Å². The van der Waals surface area contributed by atoms with Crippen molar-refractivity contribution in [3.8, 4) is 0 Å². The van der Waals surface area contributed by atoms with Gasteiger partial charge in [-0.15, -0.1) is 0 Å². The minimum absolute atomic E-state index is 0.264. The minimum Gasteiger partial charge on any atom is -0.381 e. The van der Waals surface area contributed by atoms with Gasteiger partial charge in [0, 0.05) is 32.3 Å². The number of nitrogens with zero attached hydrogens (tertiary/aromatic N) is 1. The molecule has 1 amide bonds. The Bertz CT molecular complexity index is 287. The molecule has 2 saturated heterocycles. The van der Waals surface area contributed by atoms with Crippen LogP contribution in [0.2, 0.25) is 0 Å². The van der Waals surface area contributed by atoms with Crippen LogP contribution in [-0.2, 0) is 9.53 Å². The predicted octanol–water partition coefficient (Wildman–Crippen LogP) is 0.999. The summed E-state index contributed by atoms with van der Waals surface area (Å²) in [5, 5.41) is 0. The molecule has 0 aromatic heterocycles. The number of amides is 1. The summed E-state index contributed by atoms with van der Waals surface area (Å²) in [6.07, 6.45) is 2.67. The van der Waals surface area contributed by atoms with Crippen LogP contribution in [0, 0.1) is 11.3 Å². The molecule has 2 aliphatic rings. The number of ether oxygens (including phenoxy) is 1. The van der Waals surface area contributed by atoms with Crippen molar-refractivity contribution < 1.29 is 9.53 Å². The number of hydrogen-bond acceptors (Lipinski definition) is 3. The molecule has 2 rings (SSSR count). The van der Waals surface area contributed by atoms with E-state index in [0.717, 1.165) is 25.8 Å². The maximum Gasteiger partial charge on any atom is 0.230 e. The van der Waals surface area contributed by atoms with Crippen LogP contribution in [0.5, 0.6) is 0 Å². The van der Waals surface area contributed by atoms with E-state index in [9.17, 15) is 4.79 Å². The molecule has 2 aliphatic heterocycles. The van der Waals surface area contributed by atoms with Crippen molar-refractivity contribution in [2.75, 3.05) is 26.3 Å². The highest BCUT2D eigenvalue weighted by atomic mass is 16.5. The van der Waals surface area contributed by atoms with Crippen LogP contribution in [0.4, 0.5) is 0 Å². The fraction of sp³-hybridized carbons (Fsp3) is 0.923. The first-order valence-corrected chi connectivity index (χ1v) is 6.68. The van der Waals surface area contributed by atoms with Gasteiger partial charge >= 0.3 is 0 Å². The van der Waals surface area contributed by atoms with Gasteiger partial charge in [-0.2, -0.15) is 0 Å². The maximum atomic E-state index is 12.7. The summed E-state index contributed by atoms with van der Waals surface area (Å²) in [5.74, 6) is 0.878. The Hall–Kier alpha value is -0.610. The molecular formula is C13H24N2O2. The molecule has 2 N–H and O–H groups in total. The van der Waals surface area contributed by atoms with Crippen LogP contribution in [0.15, 0.2) is 0 Å². The van der Waals surface area contributed by atoms with Gasteiger partial charge in [0.2, 0.25) is 5.91 Å². The fourth-order valence-corrected chi connectivity index (χ4v) is 3.15. The Morgan fingerprint density at radius 2 is 2.06 bits per heavy atom. The van der Waals surface area contributed by atoms with E-state index in [2.05, 4.69) is 13.8 Å². The largest absolute Gasteiger partial charge is 0.381 e. The van der Waals surface area contributed by atoms with Gasteiger partial charge in [0.25, 0.3) is 0 Å². The van der Waals surface area contributed by atoms with Crippen molar-refractivity contribution in [1.29, 1.82) is 0 Å². The van der Waals surface area contributed by atoms with Gasteiger partial charge in [-0.3, -0.25) is 4.79 Å². The second-order valence-electron chi connectivity index (χ2n) is 5.74. The van der Waals surface area contributed by atoms with Gasteiger partial charge < -0.3 is 15.4 Å². The number of nitrogens with two attached hydrogens (primary N) is 1. The Kier molecular flexibility index (Phi) is 3.73. The quantitative estimate of drug-likeness (QED) is 0.783. The highest BCUT2D eigenvalue weighted by molar-refractivity contribution is 5.83. The Balaban J connectivity index is 2.11. The lowest BCUT2D eigenvalue weighted by Gasteiger charge is -2.39. The molecule has 2 atom stereocenters. The molecular weight excluding hydrogens is 216 g/mol. The number of hydrogen-bond donors (Lipinski definition) is 1. The van der Waals surface area contributed by atoms with E-state index in [-0.39, 0.29) is 11.3 Å². The molecule has 0 radical (unpaired) electrons. The summed E-state index contributed by atoms with van der Waals surface area (Å²) in [6.45, 7) is 7.03. The van der Waals surface area contributed by atoms with Crippen molar-refractivity contribution in [1.82, 2.24) is 4.90 Å². The van der Waals surface area contributed by atoms with E-state index >= 15 is 0 Å². The summed E-state index contributed by atoms with van der Waals surface area (Å²) in [6, 6.07) is 0.365. The molecule has 4 nitrogen and oxygen atoms in total. The zero-order chi connectivity index (χ0) is 12.5. The average molecular weight is 240 g/mol. The lowest BCUT2D eigenvalue weighted by molar-refractivity contribution is -0.147. The smallest absolute Gasteiger partial charge is 0.230 e. The third-order valence-corrected chi connectivity index (χ3v) is 4.34. The second kappa shape index (κ2) is 4.94. The van der Waals surface area contributed by atoms with Crippen molar-refractivity contribution in [2.45, 2.75) is 39.2 Å². The Morgan fingerprint density at radius 1 is 1.41 bits per heavy atom. The van der Waals surface area contributed by atoms with Crippen LogP contribution in [-0.4, -0.2) is 43.2 Å². The van der Waals surface area contributed by atoms with E-state index in [4.69, 9.17) is 10.5 Å². The minimum atomic E-state index is -0.351. The van der Waals surface area contributed by atoms with E-state index in [0.29, 0.717) is 31.7 Å². The van der Waals surface area contributed by atoms with Crippen molar-refractivity contribution >= 4 is 5.91 Å². The van der Waals surface area contributed by atoms with Crippen LogP contribution >= 0.6 is 0 Å². The summed E-state index contributed by atoms with van der Waals surface area (Å²) in [7, 11) is 0. The van der Waals surface area contributed by atoms with Gasteiger partial charge in [0.05, 0.1) is 5.41 Å². The monoisotopic (exact) mass is 240 g/mol. The third-order valence-electron chi connectivity index (χ3n) is 4.34. The van der Waals surface area contributed by atoms with Crippen molar-refractivity contribution in [3.05, 3.63) is 0 Å². The molecule has 4 heteroatoms. The number of rotatable bonds is 2. The first kappa shape index (κ1) is 12.8. The number of carbonyl (C=O) groups is 1. The van der Waals surface area contributed by atoms with Gasteiger partial charge in [-0.05, 0) is 32.1 Å². The lowest BCUT2D eigenvalue weighted by atomic mass is 9.78. The molecule has 98 valence electrons. The van der Waals surface area contributed by atoms with Crippen LogP contribution < -0.4 is 5.73 Å². The van der Waals surface area contributed by atoms with Crippen molar-refractivity contribution in [2.24, 2.45) is 17.1 Å². The van der Waals surface area contributed by atoms with Gasteiger partial charge in [-0.1, -0.05) is 6.92 Å². The Morgan fingerprint density at radius 3 is 2.53 bits per heavy atom. The molecule has 2 fully saturated rings. The first-order valence-electron chi connectivity index (χ1n) is 6.68. The molecule has 0 aromatic rings. The molecule has 17 heavy (non-hydrogen) atoms. The molecule has 0 aliphatic carbocycles. The maximum absolute atomic E-state index is 12.7. The third kappa shape index (κ3) is 2.33. The summed E-state index contributed by atoms with van der Waals surface area (Å²) >= 11 is 0. The van der Waals surface area contributed by atoms with Gasteiger partial charge in [-0.25, -0.2) is 0 Å². The van der Waals surface area contributed by atoms with E-state index in [1.165, 1.54) is 0 Å². The average Bonchev–Trinajstić information content (AvgIpc) is 2.68. The zero-order valence-electron chi connectivity index (χ0n) is 10.9. The normalized spacial score (nSPS) is 32.8. The fourth-order valence-electron chi connectivity index (χ4n) is 3.15. The zero-order valence-corrected chi connectivity index (χ0v) is 10.9.